The molecule has 0 aliphatic carbocycles. The van der Waals surface area contributed by atoms with Gasteiger partial charge in [0.05, 0.1) is 19.3 Å². The average molecular weight is 463 g/mol. The molecule has 0 saturated carbocycles. The van der Waals surface area contributed by atoms with E-state index in [-0.39, 0.29) is 0 Å². The van der Waals surface area contributed by atoms with Crippen LogP contribution < -0.4 is 20.1 Å². The van der Waals surface area contributed by atoms with Gasteiger partial charge >= 0.3 is 5.97 Å². The van der Waals surface area contributed by atoms with Gasteiger partial charge in [-0.2, -0.15) is 0 Å². The summed E-state index contributed by atoms with van der Waals surface area (Å²) in [6, 6.07) is 22.1. The number of hydrogen-bond acceptors (Lipinski definition) is 6. The van der Waals surface area contributed by atoms with Crippen molar-refractivity contribution in [2.24, 2.45) is 0 Å². The molecule has 1 unspecified atom stereocenters. The molecular formula is C26H26N2O6. The first kappa shape index (κ1) is 24.3. The highest BCUT2D eigenvalue weighted by atomic mass is 16.5. The van der Waals surface area contributed by atoms with Gasteiger partial charge < -0.3 is 24.8 Å². The molecule has 3 aromatic carbocycles. The fourth-order valence-corrected chi connectivity index (χ4v) is 3.14. The van der Waals surface area contributed by atoms with E-state index in [0.717, 1.165) is 0 Å². The minimum Gasteiger partial charge on any atom is -0.497 e. The maximum absolute atomic E-state index is 13.0. The van der Waals surface area contributed by atoms with Crippen LogP contribution in [0.5, 0.6) is 11.5 Å². The Bertz CT molecular complexity index is 1120. The summed E-state index contributed by atoms with van der Waals surface area (Å²) in [5.41, 5.74) is 1.31. The van der Waals surface area contributed by atoms with E-state index in [1.165, 1.54) is 0 Å². The summed E-state index contributed by atoms with van der Waals surface area (Å²) in [6.07, 6.45) is -1.21. The molecule has 2 amide bonds. The van der Waals surface area contributed by atoms with Crippen LogP contribution >= 0.6 is 0 Å². The third kappa shape index (κ3) is 6.59. The Hall–Kier alpha value is -4.33. The summed E-state index contributed by atoms with van der Waals surface area (Å²) in [4.78, 5) is 38.0. The molecule has 0 aliphatic rings. The lowest BCUT2D eigenvalue weighted by atomic mass is 10.1. The van der Waals surface area contributed by atoms with Crippen molar-refractivity contribution in [3.05, 3.63) is 90.0 Å². The molecule has 0 aromatic heterocycles. The molecule has 1 atom stereocenters. The van der Waals surface area contributed by atoms with E-state index in [1.54, 1.807) is 86.0 Å². The number of hydrogen-bond donors (Lipinski definition) is 2. The van der Waals surface area contributed by atoms with Gasteiger partial charge in [-0.05, 0) is 43.3 Å². The molecule has 3 rings (SSSR count). The first-order valence-corrected chi connectivity index (χ1v) is 10.7. The zero-order valence-corrected chi connectivity index (χ0v) is 18.9. The molecule has 2 N–H and O–H groups in total. The Morgan fingerprint density at radius 2 is 1.56 bits per heavy atom. The Balaban J connectivity index is 1.67. The highest BCUT2D eigenvalue weighted by molar-refractivity contribution is 5.99. The van der Waals surface area contributed by atoms with Crippen LogP contribution in [0, 0.1) is 0 Å². The van der Waals surface area contributed by atoms with Crippen molar-refractivity contribution in [3.63, 3.8) is 0 Å². The largest absolute Gasteiger partial charge is 0.497 e. The van der Waals surface area contributed by atoms with Gasteiger partial charge in [-0.3, -0.25) is 14.4 Å². The van der Waals surface area contributed by atoms with Crippen LogP contribution in [-0.4, -0.2) is 38.0 Å². The highest BCUT2D eigenvalue weighted by Crippen LogP contribution is 2.22. The number of anilines is 1. The van der Waals surface area contributed by atoms with Gasteiger partial charge in [0, 0.05) is 11.3 Å². The van der Waals surface area contributed by atoms with E-state index in [0.29, 0.717) is 34.9 Å². The van der Waals surface area contributed by atoms with Crippen molar-refractivity contribution < 1.29 is 28.6 Å². The first-order valence-electron chi connectivity index (χ1n) is 10.7. The normalized spacial score (nSPS) is 11.1. The van der Waals surface area contributed by atoms with E-state index in [9.17, 15) is 14.4 Å². The van der Waals surface area contributed by atoms with Crippen LogP contribution in [0.3, 0.4) is 0 Å². The zero-order chi connectivity index (χ0) is 24.3. The second-order valence-corrected chi connectivity index (χ2v) is 7.11. The predicted molar refractivity (Wildman–Crippen MR) is 127 cm³/mol. The third-order valence-electron chi connectivity index (χ3n) is 4.77. The van der Waals surface area contributed by atoms with Gasteiger partial charge in [-0.25, -0.2) is 0 Å². The second-order valence-electron chi connectivity index (χ2n) is 7.11. The molecule has 0 spiro atoms. The van der Waals surface area contributed by atoms with E-state index in [1.807, 2.05) is 6.92 Å². The lowest BCUT2D eigenvalue weighted by Crippen LogP contribution is -2.33. The van der Waals surface area contributed by atoms with E-state index in [2.05, 4.69) is 10.6 Å². The molecule has 0 bridgehead atoms. The van der Waals surface area contributed by atoms with Crippen LogP contribution in [0.2, 0.25) is 0 Å². The molecule has 3 aromatic rings. The molecule has 176 valence electrons. The van der Waals surface area contributed by atoms with Gasteiger partial charge in [0.1, 0.15) is 18.0 Å². The summed E-state index contributed by atoms with van der Waals surface area (Å²) < 4.78 is 16.0. The van der Waals surface area contributed by atoms with Crippen molar-refractivity contribution in [3.8, 4) is 11.5 Å². The molecule has 0 saturated heterocycles. The van der Waals surface area contributed by atoms with Crippen molar-refractivity contribution in [2.75, 3.05) is 25.6 Å². The van der Waals surface area contributed by atoms with Crippen LogP contribution in [0.1, 0.15) is 28.9 Å². The van der Waals surface area contributed by atoms with E-state index < -0.39 is 30.4 Å². The van der Waals surface area contributed by atoms with Crippen LogP contribution in [0.4, 0.5) is 5.69 Å². The molecule has 0 radical (unpaired) electrons. The summed E-state index contributed by atoms with van der Waals surface area (Å²) in [5, 5.41) is 5.25. The molecule has 0 heterocycles. The fourth-order valence-electron chi connectivity index (χ4n) is 3.14. The lowest BCUT2D eigenvalue weighted by Gasteiger charge is -2.18. The second kappa shape index (κ2) is 12.1. The van der Waals surface area contributed by atoms with Crippen molar-refractivity contribution in [1.82, 2.24) is 5.32 Å². The van der Waals surface area contributed by atoms with E-state index in [4.69, 9.17) is 14.2 Å². The van der Waals surface area contributed by atoms with Crippen molar-refractivity contribution in [1.29, 1.82) is 0 Å². The number of amides is 2. The standard InChI is InChI=1S/C26H26N2O6/c1-3-33-22-12-8-7-11-21(22)25(30)27-17-23(29)34-24(18-9-5-4-6-10-18)26(31)28-19-13-15-20(32-2)16-14-19/h4-16,24H,3,17H2,1-2H3,(H,27,30)(H,28,31). The maximum Gasteiger partial charge on any atom is 0.326 e. The summed E-state index contributed by atoms with van der Waals surface area (Å²) in [6.45, 7) is 1.79. The first-order chi connectivity index (χ1) is 16.5. The van der Waals surface area contributed by atoms with Gasteiger partial charge in [0.2, 0.25) is 6.10 Å². The minimum atomic E-state index is -1.21. The van der Waals surface area contributed by atoms with Gasteiger partial charge in [-0.1, -0.05) is 42.5 Å². The van der Waals surface area contributed by atoms with Crippen LogP contribution in [0.25, 0.3) is 0 Å². The average Bonchev–Trinajstić information content (AvgIpc) is 2.87. The van der Waals surface area contributed by atoms with Crippen molar-refractivity contribution in [2.45, 2.75) is 13.0 Å². The highest BCUT2D eigenvalue weighted by Gasteiger charge is 2.25. The Morgan fingerprint density at radius 1 is 0.882 bits per heavy atom. The molecule has 0 fully saturated rings. The quantitative estimate of drug-likeness (QED) is 0.445. The Morgan fingerprint density at radius 3 is 2.24 bits per heavy atom. The molecule has 34 heavy (non-hydrogen) atoms. The number of ether oxygens (including phenoxy) is 3. The number of esters is 1. The molecule has 8 nitrogen and oxygen atoms in total. The topological polar surface area (TPSA) is 103 Å². The van der Waals surface area contributed by atoms with Gasteiger partial charge in [0.15, 0.2) is 0 Å². The van der Waals surface area contributed by atoms with Crippen molar-refractivity contribution >= 4 is 23.5 Å². The smallest absolute Gasteiger partial charge is 0.326 e. The predicted octanol–water partition coefficient (Wildman–Crippen LogP) is 3.75. The Kier molecular flexibility index (Phi) is 8.62. The molecular weight excluding hydrogens is 436 g/mol. The zero-order valence-electron chi connectivity index (χ0n) is 18.9. The number of carbonyl (C=O) groups is 3. The lowest BCUT2D eigenvalue weighted by molar-refractivity contribution is -0.153. The third-order valence-corrected chi connectivity index (χ3v) is 4.77. The number of nitrogens with one attached hydrogen (secondary N) is 2. The van der Waals surface area contributed by atoms with E-state index >= 15 is 0 Å². The summed E-state index contributed by atoms with van der Waals surface area (Å²) in [5.74, 6) is -0.721. The Labute approximate surface area is 197 Å². The van der Waals surface area contributed by atoms with Crippen LogP contribution in [0.15, 0.2) is 78.9 Å². The van der Waals surface area contributed by atoms with Gasteiger partial charge in [-0.15, -0.1) is 0 Å². The number of carbonyl (C=O) groups excluding carboxylic acids is 3. The number of para-hydroxylation sites is 1. The SMILES string of the molecule is CCOc1ccccc1C(=O)NCC(=O)OC(C(=O)Nc1ccc(OC)cc1)c1ccccc1. The minimum absolute atomic E-state index is 0.300. The monoisotopic (exact) mass is 462 g/mol. The number of benzene rings is 3. The number of methoxy groups -OCH3 is 1. The van der Waals surface area contributed by atoms with Crippen LogP contribution in [-0.2, 0) is 14.3 Å². The maximum atomic E-state index is 13.0. The van der Waals surface area contributed by atoms with Gasteiger partial charge in [0.25, 0.3) is 11.8 Å². The summed E-state index contributed by atoms with van der Waals surface area (Å²) in [7, 11) is 1.55. The molecule has 0 aliphatic heterocycles. The number of rotatable bonds is 10. The summed E-state index contributed by atoms with van der Waals surface area (Å²) >= 11 is 0. The fraction of sp³-hybridized carbons (Fsp3) is 0.192. The molecule has 8 heteroatoms.